The number of rotatable bonds is 3. The van der Waals surface area contributed by atoms with E-state index >= 15 is 0 Å². The lowest BCUT2D eigenvalue weighted by Crippen LogP contribution is -2.65. The second-order valence-electron chi connectivity index (χ2n) is 7.93. The molecule has 0 aromatic carbocycles. The summed E-state index contributed by atoms with van der Waals surface area (Å²) in [6.07, 6.45) is 3.63. The van der Waals surface area contributed by atoms with E-state index in [1.807, 2.05) is 0 Å². The molecule has 0 aliphatic carbocycles. The quantitative estimate of drug-likeness (QED) is 0.855. The molecule has 2 saturated heterocycles. The molecular weight excluding hydrogens is 236 g/mol. The zero-order valence-corrected chi connectivity index (χ0v) is 13.6. The third-order valence-electron chi connectivity index (χ3n) is 5.33. The van der Waals surface area contributed by atoms with E-state index in [0.717, 1.165) is 6.42 Å². The normalized spacial score (nSPS) is 38.2. The predicted octanol–water partition coefficient (Wildman–Crippen LogP) is 2.78. The Bertz CT molecular complexity index is 338. The van der Waals surface area contributed by atoms with Crippen molar-refractivity contribution in [3.05, 3.63) is 0 Å². The molecule has 19 heavy (non-hydrogen) atoms. The summed E-state index contributed by atoms with van der Waals surface area (Å²) >= 11 is 0. The Kier molecular flexibility index (Phi) is 3.79. The molecule has 0 saturated carbocycles. The van der Waals surface area contributed by atoms with Crippen molar-refractivity contribution in [3.63, 3.8) is 0 Å². The summed E-state index contributed by atoms with van der Waals surface area (Å²) in [6.45, 7) is 15.4. The molecule has 2 atom stereocenters. The number of likely N-dealkylation sites (tertiary alicyclic amines) is 1. The number of nitrogens with zero attached hydrogens (tertiary/aromatic N) is 1. The van der Waals surface area contributed by atoms with Crippen LogP contribution in [0.1, 0.15) is 60.8 Å². The summed E-state index contributed by atoms with van der Waals surface area (Å²) in [7, 11) is 0. The maximum Gasteiger partial charge on any atom is 0.0830 e. The molecule has 2 rings (SSSR count). The molecule has 3 heteroatoms. The van der Waals surface area contributed by atoms with Crippen LogP contribution in [0.5, 0.6) is 0 Å². The molecule has 2 N–H and O–H groups in total. The van der Waals surface area contributed by atoms with E-state index in [1.165, 1.54) is 19.4 Å². The Balaban J connectivity index is 2.37. The minimum atomic E-state index is -0.178. The first kappa shape index (κ1) is 15.3. The van der Waals surface area contributed by atoms with Crippen molar-refractivity contribution < 1.29 is 4.74 Å². The van der Waals surface area contributed by atoms with Crippen LogP contribution in [0.3, 0.4) is 0 Å². The molecule has 3 nitrogen and oxygen atoms in total. The van der Waals surface area contributed by atoms with Gasteiger partial charge in [0.15, 0.2) is 0 Å². The van der Waals surface area contributed by atoms with Gasteiger partial charge >= 0.3 is 0 Å². The molecule has 0 aromatic heterocycles. The monoisotopic (exact) mass is 268 g/mol. The molecule has 0 bridgehead atoms. The summed E-state index contributed by atoms with van der Waals surface area (Å²) in [4.78, 5) is 2.69. The summed E-state index contributed by atoms with van der Waals surface area (Å²) in [5.74, 6) is 0.686. The van der Waals surface area contributed by atoms with E-state index in [2.05, 4.69) is 46.4 Å². The second kappa shape index (κ2) is 4.71. The van der Waals surface area contributed by atoms with E-state index in [4.69, 9.17) is 10.5 Å². The molecule has 0 radical (unpaired) electrons. The van der Waals surface area contributed by atoms with Crippen LogP contribution >= 0.6 is 0 Å². The van der Waals surface area contributed by atoms with Gasteiger partial charge in [-0.2, -0.15) is 0 Å². The molecule has 112 valence electrons. The Morgan fingerprint density at radius 3 is 2.32 bits per heavy atom. The Morgan fingerprint density at radius 2 is 1.89 bits per heavy atom. The SMILES string of the molecule is CC(C)C1CCCN1C1(CN)CC(C)(C)OC1(C)C. The number of ether oxygens (including phenoxy) is 1. The van der Waals surface area contributed by atoms with Gasteiger partial charge in [-0.3, -0.25) is 4.90 Å². The zero-order valence-electron chi connectivity index (χ0n) is 13.6. The molecule has 2 fully saturated rings. The van der Waals surface area contributed by atoms with E-state index in [0.29, 0.717) is 18.5 Å². The van der Waals surface area contributed by atoms with Gasteiger partial charge in [-0.25, -0.2) is 0 Å². The third-order valence-corrected chi connectivity index (χ3v) is 5.33. The summed E-state index contributed by atoms with van der Waals surface area (Å²) in [5.41, 5.74) is 6.02. The average molecular weight is 268 g/mol. The summed E-state index contributed by atoms with van der Waals surface area (Å²) in [6, 6.07) is 0.653. The van der Waals surface area contributed by atoms with Crippen molar-refractivity contribution in [1.29, 1.82) is 0 Å². The first-order chi connectivity index (χ1) is 8.65. The molecular formula is C16H32N2O. The standard InChI is InChI=1S/C16H32N2O/c1-12(2)13-8-7-9-18(13)16(11-17)10-14(3,4)19-15(16,5)6/h12-13H,7-11,17H2,1-6H3. The second-order valence-corrected chi connectivity index (χ2v) is 7.93. The minimum absolute atomic E-state index is 0.0120. The largest absolute Gasteiger partial charge is 0.368 e. The molecule has 2 aliphatic heterocycles. The van der Waals surface area contributed by atoms with Crippen LogP contribution in [-0.2, 0) is 4.74 Å². The van der Waals surface area contributed by atoms with Crippen molar-refractivity contribution in [2.75, 3.05) is 13.1 Å². The Hall–Kier alpha value is -0.120. The van der Waals surface area contributed by atoms with Gasteiger partial charge in [0.1, 0.15) is 0 Å². The van der Waals surface area contributed by atoms with E-state index in [-0.39, 0.29) is 16.7 Å². The maximum absolute atomic E-state index is 6.36. The fourth-order valence-electron chi connectivity index (χ4n) is 4.64. The zero-order chi connectivity index (χ0) is 14.5. The van der Waals surface area contributed by atoms with Crippen molar-refractivity contribution in [3.8, 4) is 0 Å². The minimum Gasteiger partial charge on any atom is -0.368 e. The highest BCUT2D eigenvalue weighted by atomic mass is 16.5. The van der Waals surface area contributed by atoms with Crippen LogP contribution in [0.15, 0.2) is 0 Å². The third kappa shape index (κ3) is 2.34. The molecule has 2 aliphatic rings. The smallest absolute Gasteiger partial charge is 0.0830 e. The summed E-state index contributed by atoms with van der Waals surface area (Å²) < 4.78 is 6.36. The Morgan fingerprint density at radius 1 is 1.26 bits per heavy atom. The van der Waals surface area contributed by atoms with Gasteiger partial charge in [0.25, 0.3) is 0 Å². The van der Waals surface area contributed by atoms with Crippen molar-refractivity contribution in [2.45, 2.75) is 83.6 Å². The van der Waals surface area contributed by atoms with E-state index in [9.17, 15) is 0 Å². The van der Waals surface area contributed by atoms with Crippen LogP contribution in [0.4, 0.5) is 0 Å². The maximum atomic E-state index is 6.36. The lowest BCUT2D eigenvalue weighted by molar-refractivity contribution is -0.108. The number of hydrogen-bond acceptors (Lipinski definition) is 3. The summed E-state index contributed by atoms with van der Waals surface area (Å²) in [5, 5.41) is 0. The van der Waals surface area contributed by atoms with Gasteiger partial charge in [-0.15, -0.1) is 0 Å². The van der Waals surface area contributed by atoms with Crippen LogP contribution in [-0.4, -0.2) is 40.8 Å². The molecule has 2 heterocycles. The lowest BCUT2D eigenvalue weighted by Gasteiger charge is -2.49. The van der Waals surface area contributed by atoms with Gasteiger partial charge in [0, 0.05) is 12.6 Å². The molecule has 2 unspecified atom stereocenters. The van der Waals surface area contributed by atoms with Crippen LogP contribution in [0.25, 0.3) is 0 Å². The number of nitrogens with two attached hydrogens (primary N) is 1. The van der Waals surface area contributed by atoms with Crippen molar-refractivity contribution in [1.82, 2.24) is 4.90 Å². The molecule has 0 spiro atoms. The van der Waals surface area contributed by atoms with Gasteiger partial charge in [-0.05, 0) is 59.4 Å². The Labute approximate surface area is 118 Å². The van der Waals surface area contributed by atoms with Gasteiger partial charge < -0.3 is 10.5 Å². The van der Waals surface area contributed by atoms with E-state index in [1.54, 1.807) is 0 Å². The van der Waals surface area contributed by atoms with Gasteiger partial charge in [0.2, 0.25) is 0 Å². The molecule has 0 amide bonds. The highest BCUT2D eigenvalue weighted by Crippen LogP contribution is 2.50. The highest BCUT2D eigenvalue weighted by molar-refractivity contribution is 5.15. The topological polar surface area (TPSA) is 38.5 Å². The fourth-order valence-corrected chi connectivity index (χ4v) is 4.64. The van der Waals surface area contributed by atoms with Crippen LogP contribution in [0, 0.1) is 5.92 Å². The predicted molar refractivity (Wildman–Crippen MR) is 80.2 cm³/mol. The van der Waals surface area contributed by atoms with Crippen molar-refractivity contribution >= 4 is 0 Å². The van der Waals surface area contributed by atoms with E-state index < -0.39 is 0 Å². The van der Waals surface area contributed by atoms with Crippen LogP contribution in [0.2, 0.25) is 0 Å². The fraction of sp³-hybridized carbons (Fsp3) is 1.00. The average Bonchev–Trinajstić information content (AvgIpc) is 2.78. The lowest BCUT2D eigenvalue weighted by atomic mass is 9.76. The number of hydrogen-bond donors (Lipinski definition) is 1. The van der Waals surface area contributed by atoms with Crippen molar-refractivity contribution in [2.24, 2.45) is 11.7 Å². The molecule has 0 aromatic rings. The highest BCUT2D eigenvalue weighted by Gasteiger charge is 2.61. The first-order valence-corrected chi connectivity index (χ1v) is 7.82. The van der Waals surface area contributed by atoms with Gasteiger partial charge in [-0.1, -0.05) is 13.8 Å². The first-order valence-electron chi connectivity index (χ1n) is 7.82. The van der Waals surface area contributed by atoms with Gasteiger partial charge in [0.05, 0.1) is 16.7 Å². The van der Waals surface area contributed by atoms with Crippen LogP contribution < -0.4 is 5.73 Å².